The predicted octanol–water partition coefficient (Wildman–Crippen LogP) is 4.37. The van der Waals surface area contributed by atoms with Crippen LogP contribution in [0.2, 0.25) is 0 Å². The number of hydrogen-bond donors (Lipinski definition) is 1. The largest absolute Gasteiger partial charge is 0.448 e. The van der Waals surface area contributed by atoms with Crippen molar-refractivity contribution in [1.29, 1.82) is 0 Å². The molecule has 2 atom stereocenters. The molecule has 2 saturated heterocycles. The van der Waals surface area contributed by atoms with Gasteiger partial charge in [0, 0.05) is 25.2 Å². The highest BCUT2D eigenvalue weighted by molar-refractivity contribution is 7.21. The Morgan fingerprint density at radius 1 is 1.11 bits per heavy atom. The van der Waals surface area contributed by atoms with Crippen LogP contribution in [0.3, 0.4) is 0 Å². The third-order valence-electron chi connectivity index (χ3n) is 5.13. The fourth-order valence-electron chi connectivity index (χ4n) is 3.83. The highest BCUT2D eigenvalue weighted by Crippen LogP contribution is 2.31. The number of rotatable bonds is 2. The smallest absolute Gasteiger partial charge is 0.289 e. The molecule has 5 nitrogen and oxygen atoms in total. The van der Waals surface area contributed by atoms with Gasteiger partial charge in [0.2, 0.25) is 0 Å². The SMILES string of the molecule is Cl.Cl.O=C(c1ccc(-c2nc3ccccc3s2)o1)N1CCC2CCC(C1)N2. The topological polar surface area (TPSA) is 58.4 Å². The molecule has 2 aromatic heterocycles. The maximum atomic E-state index is 12.8. The van der Waals surface area contributed by atoms with E-state index in [2.05, 4.69) is 10.3 Å². The average molecular weight is 426 g/mol. The van der Waals surface area contributed by atoms with E-state index in [0.717, 1.165) is 41.2 Å². The first kappa shape index (κ1) is 20.1. The van der Waals surface area contributed by atoms with E-state index in [4.69, 9.17) is 4.42 Å². The van der Waals surface area contributed by atoms with Crippen LogP contribution in [0.15, 0.2) is 40.8 Å². The molecule has 2 aliphatic heterocycles. The number of amides is 1. The van der Waals surface area contributed by atoms with Gasteiger partial charge in [0.25, 0.3) is 5.91 Å². The Balaban J connectivity index is 0.00000105. The van der Waals surface area contributed by atoms with E-state index in [1.807, 2.05) is 35.2 Å². The minimum absolute atomic E-state index is 0. The van der Waals surface area contributed by atoms with Gasteiger partial charge in [-0.15, -0.1) is 36.2 Å². The van der Waals surface area contributed by atoms with Crippen LogP contribution in [0.4, 0.5) is 0 Å². The van der Waals surface area contributed by atoms with Crippen molar-refractivity contribution in [2.24, 2.45) is 0 Å². The number of benzene rings is 1. The Labute approximate surface area is 174 Å². The lowest BCUT2D eigenvalue weighted by molar-refractivity contribution is 0.0717. The molecule has 1 N–H and O–H groups in total. The van der Waals surface area contributed by atoms with Crippen molar-refractivity contribution in [3.63, 3.8) is 0 Å². The van der Waals surface area contributed by atoms with E-state index in [1.54, 1.807) is 17.4 Å². The first-order valence-corrected chi connectivity index (χ1v) is 9.59. The van der Waals surface area contributed by atoms with Gasteiger partial charge in [-0.25, -0.2) is 4.98 Å². The molecule has 3 aromatic rings. The number of likely N-dealkylation sites (tertiary alicyclic amines) is 1. The van der Waals surface area contributed by atoms with Crippen molar-refractivity contribution in [3.8, 4) is 10.8 Å². The number of hydrogen-bond acceptors (Lipinski definition) is 5. The first-order chi connectivity index (χ1) is 12.3. The number of para-hydroxylation sites is 1. The minimum Gasteiger partial charge on any atom is -0.448 e. The summed E-state index contributed by atoms with van der Waals surface area (Å²) in [6, 6.07) is 12.6. The zero-order valence-corrected chi connectivity index (χ0v) is 17.0. The van der Waals surface area contributed by atoms with E-state index >= 15 is 0 Å². The van der Waals surface area contributed by atoms with Crippen LogP contribution in [0, 0.1) is 0 Å². The molecule has 0 saturated carbocycles. The molecule has 8 heteroatoms. The van der Waals surface area contributed by atoms with Crippen LogP contribution in [0.25, 0.3) is 21.0 Å². The van der Waals surface area contributed by atoms with E-state index in [0.29, 0.717) is 23.6 Å². The number of nitrogens with zero attached hydrogens (tertiary/aromatic N) is 2. The molecule has 2 fully saturated rings. The van der Waals surface area contributed by atoms with Gasteiger partial charge in [0.05, 0.1) is 10.2 Å². The Morgan fingerprint density at radius 3 is 2.78 bits per heavy atom. The van der Waals surface area contributed by atoms with Gasteiger partial charge in [-0.05, 0) is 43.5 Å². The number of carbonyl (C=O) groups is 1. The van der Waals surface area contributed by atoms with Gasteiger partial charge in [0.15, 0.2) is 16.5 Å². The molecule has 0 aliphatic carbocycles. The summed E-state index contributed by atoms with van der Waals surface area (Å²) in [7, 11) is 0. The summed E-state index contributed by atoms with van der Waals surface area (Å²) in [4.78, 5) is 19.4. The second kappa shape index (κ2) is 8.19. The maximum Gasteiger partial charge on any atom is 0.289 e. The Kier molecular flexibility index (Phi) is 6.11. The Morgan fingerprint density at radius 2 is 1.93 bits per heavy atom. The average Bonchev–Trinajstić information content (AvgIpc) is 3.31. The number of fused-ring (bicyclic) bond motifs is 3. The summed E-state index contributed by atoms with van der Waals surface area (Å²) < 4.78 is 6.99. The molecule has 0 spiro atoms. The molecule has 27 heavy (non-hydrogen) atoms. The fourth-order valence-corrected chi connectivity index (χ4v) is 4.76. The van der Waals surface area contributed by atoms with Gasteiger partial charge < -0.3 is 14.6 Å². The van der Waals surface area contributed by atoms with Crippen LogP contribution in [-0.2, 0) is 0 Å². The molecule has 1 aromatic carbocycles. The van der Waals surface area contributed by atoms with Gasteiger partial charge in [-0.1, -0.05) is 12.1 Å². The number of nitrogens with one attached hydrogen (secondary N) is 1. The molecular formula is C19H21Cl2N3O2S. The summed E-state index contributed by atoms with van der Waals surface area (Å²) in [5.74, 6) is 1.06. The van der Waals surface area contributed by atoms with E-state index in [1.165, 1.54) is 6.42 Å². The van der Waals surface area contributed by atoms with Crippen molar-refractivity contribution < 1.29 is 9.21 Å². The lowest BCUT2D eigenvalue weighted by Gasteiger charge is -2.23. The van der Waals surface area contributed by atoms with Crippen LogP contribution >= 0.6 is 36.2 Å². The van der Waals surface area contributed by atoms with Crippen molar-refractivity contribution in [3.05, 3.63) is 42.2 Å². The molecule has 4 heterocycles. The van der Waals surface area contributed by atoms with Gasteiger partial charge >= 0.3 is 0 Å². The van der Waals surface area contributed by atoms with E-state index in [-0.39, 0.29) is 30.7 Å². The summed E-state index contributed by atoms with van der Waals surface area (Å²) in [6.07, 6.45) is 3.41. The summed E-state index contributed by atoms with van der Waals surface area (Å²) >= 11 is 1.58. The normalized spacial score (nSPS) is 21.4. The van der Waals surface area contributed by atoms with Crippen LogP contribution < -0.4 is 5.32 Å². The van der Waals surface area contributed by atoms with Gasteiger partial charge in [-0.3, -0.25) is 4.79 Å². The van der Waals surface area contributed by atoms with Crippen LogP contribution in [0.5, 0.6) is 0 Å². The lowest BCUT2D eigenvalue weighted by Crippen LogP contribution is -2.38. The highest BCUT2D eigenvalue weighted by Gasteiger charge is 2.32. The third kappa shape index (κ3) is 3.85. The zero-order valence-electron chi connectivity index (χ0n) is 14.6. The number of furan rings is 1. The predicted molar refractivity (Wildman–Crippen MR) is 112 cm³/mol. The summed E-state index contributed by atoms with van der Waals surface area (Å²) in [5.41, 5.74) is 0.960. The first-order valence-electron chi connectivity index (χ1n) is 8.77. The number of thiazole rings is 1. The van der Waals surface area contributed by atoms with Gasteiger partial charge in [-0.2, -0.15) is 0 Å². The minimum atomic E-state index is -0.0123. The summed E-state index contributed by atoms with van der Waals surface area (Å²) in [5, 5.41) is 4.42. The monoisotopic (exact) mass is 425 g/mol. The Hall–Kier alpha value is -1.60. The van der Waals surface area contributed by atoms with Crippen molar-refractivity contribution in [1.82, 2.24) is 15.2 Å². The fraction of sp³-hybridized carbons (Fsp3) is 0.368. The second-order valence-corrected chi connectivity index (χ2v) is 7.86. The van der Waals surface area contributed by atoms with Crippen molar-refractivity contribution >= 4 is 52.3 Å². The van der Waals surface area contributed by atoms with Crippen LogP contribution in [-0.4, -0.2) is 41.0 Å². The molecule has 0 radical (unpaired) electrons. The summed E-state index contributed by atoms with van der Waals surface area (Å²) in [6.45, 7) is 1.57. The number of halogens is 2. The van der Waals surface area contributed by atoms with Crippen molar-refractivity contribution in [2.45, 2.75) is 31.3 Å². The second-order valence-electron chi connectivity index (χ2n) is 6.83. The quantitative estimate of drug-likeness (QED) is 0.662. The van der Waals surface area contributed by atoms with Gasteiger partial charge in [0.1, 0.15) is 0 Å². The molecule has 2 aliphatic rings. The molecule has 1 amide bonds. The number of carbonyl (C=O) groups excluding carboxylic acids is 1. The molecule has 2 unspecified atom stereocenters. The maximum absolute atomic E-state index is 12.8. The lowest BCUT2D eigenvalue weighted by atomic mass is 10.1. The van der Waals surface area contributed by atoms with Crippen LogP contribution in [0.1, 0.15) is 29.8 Å². The number of aromatic nitrogens is 1. The highest BCUT2D eigenvalue weighted by atomic mass is 35.5. The zero-order chi connectivity index (χ0) is 16.8. The Bertz CT molecular complexity index is 909. The van der Waals surface area contributed by atoms with E-state index in [9.17, 15) is 4.79 Å². The van der Waals surface area contributed by atoms with E-state index < -0.39 is 0 Å². The molecular weight excluding hydrogens is 405 g/mol. The third-order valence-corrected chi connectivity index (χ3v) is 6.18. The molecule has 2 bridgehead atoms. The van der Waals surface area contributed by atoms with Crippen molar-refractivity contribution in [2.75, 3.05) is 13.1 Å². The standard InChI is InChI=1S/C19H19N3O2S.2ClH/c23-19(22-10-9-12-5-6-13(11-22)20-12)16-8-7-15(24-16)18-21-14-3-1-2-4-17(14)25-18;;/h1-4,7-8,12-13,20H,5-6,9-11H2;2*1H. The molecule has 5 rings (SSSR count). The molecule has 144 valence electrons.